The highest BCUT2D eigenvalue weighted by molar-refractivity contribution is 6.32. The summed E-state index contributed by atoms with van der Waals surface area (Å²) in [6.45, 7) is 0. The smallest absolute Gasteiger partial charge is 0.259 e. The normalized spacial score (nSPS) is 10.6. The maximum atomic E-state index is 12.8. The Labute approximate surface area is 108 Å². The van der Waals surface area contributed by atoms with Crippen LogP contribution in [0.2, 0.25) is 0 Å². The molecule has 0 spiro atoms. The minimum absolute atomic E-state index is 0.275. The molecule has 0 unspecified atom stereocenters. The Morgan fingerprint density at radius 2 is 2.05 bits per heavy atom. The second kappa shape index (κ2) is 4.60. The third-order valence-electron chi connectivity index (χ3n) is 2.39. The van der Waals surface area contributed by atoms with Gasteiger partial charge in [0.2, 0.25) is 5.82 Å². The molecule has 3 heterocycles. The predicted molar refractivity (Wildman–Crippen MR) is 66.1 cm³/mol. The molecule has 0 saturated heterocycles. The van der Waals surface area contributed by atoms with E-state index >= 15 is 0 Å². The number of hydrogen-bond acceptors (Lipinski definition) is 5. The predicted octanol–water partition coefficient (Wildman–Crippen LogP) is 1.13. The van der Waals surface area contributed by atoms with E-state index in [1.807, 2.05) is 0 Å². The van der Waals surface area contributed by atoms with E-state index < -0.39 is 5.82 Å². The highest BCUT2D eigenvalue weighted by atomic mass is 19.1. The van der Waals surface area contributed by atoms with E-state index in [2.05, 4.69) is 20.1 Å². The van der Waals surface area contributed by atoms with Gasteiger partial charge in [0.1, 0.15) is 19.4 Å². The van der Waals surface area contributed by atoms with Crippen LogP contribution in [0, 0.1) is 5.82 Å². The molecule has 0 aliphatic heterocycles. The molecule has 0 aliphatic rings. The van der Waals surface area contributed by atoms with Crippen LogP contribution >= 0.6 is 0 Å². The first-order chi connectivity index (χ1) is 9.22. The summed E-state index contributed by atoms with van der Waals surface area (Å²) in [5.74, 6) is 0.130. The van der Waals surface area contributed by atoms with Gasteiger partial charge in [0.15, 0.2) is 0 Å². The van der Waals surface area contributed by atoms with Crippen LogP contribution in [-0.4, -0.2) is 28.0 Å². The molecule has 90 valence electrons. The SMILES string of the molecule is [B]c1cncc(-c2nc(-c3ccc(F)cn3)no2)c1. The highest BCUT2D eigenvalue weighted by Gasteiger charge is 2.11. The maximum absolute atomic E-state index is 12.8. The fraction of sp³-hybridized carbons (Fsp3) is 0. The van der Waals surface area contributed by atoms with Gasteiger partial charge in [-0.15, -0.1) is 0 Å². The van der Waals surface area contributed by atoms with Crippen molar-refractivity contribution < 1.29 is 8.91 Å². The van der Waals surface area contributed by atoms with Crippen LogP contribution < -0.4 is 5.46 Å². The number of aromatic nitrogens is 4. The summed E-state index contributed by atoms with van der Waals surface area (Å²) in [5, 5.41) is 3.78. The van der Waals surface area contributed by atoms with Gasteiger partial charge in [-0.2, -0.15) is 4.98 Å². The second-order valence-electron chi connectivity index (χ2n) is 3.79. The first kappa shape index (κ1) is 11.5. The molecule has 7 heteroatoms. The lowest BCUT2D eigenvalue weighted by Crippen LogP contribution is -2.02. The number of pyridine rings is 2. The molecule has 3 aromatic heterocycles. The number of rotatable bonds is 2. The molecule has 2 radical (unpaired) electrons. The zero-order chi connectivity index (χ0) is 13.2. The summed E-state index contributed by atoms with van der Waals surface area (Å²) >= 11 is 0. The molecule has 0 amide bonds. The molecular weight excluding hydrogens is 246 g/mol. The third-order valence-corrected chi connectivity index (χ3v) is 2.39. The molecule has 19 heavy (non-hydrogen) atoms. The van der Waals surface area contributed by atoms with Crippen LogP contribution in [0.5, 0.6) is 0 Å². The van der Waals surface area contributed by atoms with Crippen LogP contribution in [0.15, 0.2) is 41.3 Å². The Morgan fingerprint density at radius 3 is 2.79 bits per heavy atom. The first-order valence-corrected chi connectivity index (χ1v) is 5.39. The van der Waals surface area contributed by atoms with Crippen molar-refractivity contribution in [2.45, 2.75) is 0 Å². The molecular formula is C12H6BFN4O. The standard InChI is InChI=1S/C12H6BFN4O/c13-8-3-7(4-15-5-8)12-17-11(18-19-12)10-2-1-9(14)6-16-10/h1-6H. The summed E-state index contributed by atoms with van der Waals surface area (Å²) in [4.78, 5) is 12.0. The number of nitrogens with zero attached hydrogens (tertiary/aromatic N) is 4. The van der Waals surface area contributed by atoms with Gasteiger partial charge in [0.05, 0.1) is 11.8 Å². The van der Waals surface area contributed by atoms with E-state index in [-0.39, 0.29) is 11.7 Å². The Balaban J connectivity index is 1.97. The largest absolute Gasteiger partial charge is 0.333 e. The lowest BCUT2D eigenvalue weighted by Gasteiger charge is -1.94. The van der Waals surface area contributed by atoms with Crippen LogP contribution in [-0.2, 0) is 0 Å². The fourth-order valence-electron chi connectivity index (χ4n) is 1.53. The van der Waals surface area contributed by atoms with Gasteiger partial charge in [-0.3, -0.25) is 4.98 Å². The molecule has 0 bridgehead atoms. The average molecular weight is 252 g/mol. The Bertz CT molecular complexity index is 714. The van der Waals surface area contributed by atoms with Gasteiger partial charge in [-0.1, -0.05) is 16.7 Å². The molecule has 5 nitrogen and oxygen atoms in total. The van der Waals surface area contributed by atoms with Crippen molar-refractivity contribution in [3.8, 4) is 23.0 Å². The fourth-order valence-corrected chi connectivity index (χ4v) is 1.53. The van der Waals surface area contributed by atoms with Crippen molar-refractivity contribution in [2.24, 2.45) is 0 Å². The van der Waals surface area contributed by atoms with E-state index in [0.717, 1.165) is 6.20 Å². The lowest BCUT2D eigenvalue weighted by atomic mass is 9.97. The van der Waals surface area contributed by atoms with Crippen LogP contribution in [0.1, 0.15) is 0 Å². The molecule has 0 N–H and O–H groups in total. The van der Waals surface area contributed by atoms with Gasteiger partial charge < -0.3 is 4.52 Å². The third kappa shape index (κ3) is 2.35. The summed E-state index contributed by atoms with van der Waals surface area (Å²) in [6, 6.07) is 4.42. The van der Waals surface area contributed by atoms with Gasteiger partial charge in [0, 0.05) is 12.4 Å². The van der Waals surface area contributed by atoms with Gasteiger partial charge in [-0.25, -0.2) is 9.37 Å². The molecule has 3 rings (SSSR count). The maximum Gasteiger partial charge on any atom is 0.259 e. The van der Waals surface area contributed by atoms with E-state index in [9.17, 15) is 4.39 Å². The minimum atomic E-state index is -0.424. The molecule has 3 aromatic rings. The average Bonchev–Trinajstić information content (AvgIpc) is 2.89. The van der Waals surface area contributed by atoms with Gasteiger partial charge in [0.25, 0.3) is 5.89 Å². The van der Waals surface area contributed by atoms with E-state index in [0.29, 0.717) is 16.7 Å². The first-order valence-electron chi connectivity index (χ1n) is 5.39. The summed E-state index contributed by atoms with van der Waals surface area (Å²) in [5.41, 5.74) is 1.53. The van der Waals surface area contributed by atoms with Crippen molar-refractivity contribution in [2.75, 3.05) is 0 Å². The molecule has 0 aromatic carbocycles. The minimum Gasteiger partial charge on any atom is -0.333 e. The summed E-state index contributed by atoms with van der Waals surface area (Å²) in [6.07, 6.45) is 4.17. The monoisotopic (exact) mass is 252 g/mol. The van der Waals surface area contributed by atoms with Crippen molar-refractivity contribution >= 4 is 13.3 Å². The van der Waals surface area contributed by atoms with Crippen molar-refractivity contribution in [1.29, 1.82) is 0 Å². The van der Waals surface area contributed by atoms with E-state index in [1.165, 1.54) is 18.3 Å². The molecule has 0 saturated carbocycles. The zero-order valence-corrected chi connectivity index (χ0v) is 9.62. The van der Waals surface area contributed by atoms with Crippen molar-refractivity contribution in [3.63, 3.8) is 0 Å². The van der Waals surface area contributed by atoms with E-state index in [1.54, 1.807) is 12.3 Å². The van der Waals surface area contributed by atoms with Crippen molar-refractivity contribution in [1.82, 2.24) is 20.1 Å². The highest BCUT2D eigenvalue weighted by Crippen LogP contribution is 2.19. The Hall–Kier alpha value is -2.57. The summed E-state index contributed by atoms with van der Waals surface area (Å²) < 4.78 is 17.9. The lowest BCUT2D eigenvalue weighted by molar-refractivity contribution is 0.432. The molecule has 0 aliphatic carbocycles. The van der Waals surface area contributed by atoms with Crippen LogP contribution in [0.3, 0.4) is 0 Å². The van der Waals surface area contributed by atoms with E-state index in [4.69, 9.17) is 12.4 Å². The van der Waals surface area contributed by atoms with Gasteiger partial charge >= 0.3 is 0 Å². The van der Waals surface area contributed by atoms with Crippen molar-refractivity contribution in [3.05, 3.63) is 42.6 Å². The van der Waals surface area contributed by atoms with Crippen LogP contribution in [0.4, 0.5) is 4.39 Å². The summed E-state index contributed by atoms with van der Waals surface area (Å²) in [7, 11) is 5.62. The quantitative estimate of drug-likeness (QED) is 0.639. The Kier molecular flexibility index (Phi) is 2.79. The molecule has 0 fully saturated rings. The van der Waals surface area contributed by atoms with Crippen LogP contribution in [0.25, 0.3) is 23.0 Å². The zero-order valence-electron chi connectivity index (χ0n) is 9.62. The van der Waals surface area contributed by atoms with Gasteiger partial charge in [-0.05, 0) is 12.1 Å². The topological polar surface area (TPSA) is 64.7 Å². The second-order valence-corrected chi connectivity index (χ2v) is 3.79. The number of hydrogen-bond donors (Lipinski definition) is 0. The number of halogens is 1. The molecule has 0 atom stereocenters. The Morgan fingerprint density at radius 1 is 1.16 bits per heavy atom.